The van der Waals surface area contributed by atoms with Crippen molar-refractivity contribution in [3.63, 3.8) is 0 Å². The minimum atomic E-state index is 0.853. The molecule has 0 unspecified atom stereocenters. The van der Waals surface area contributed by atoms with Crippen LogP contribution in [0.5, 0.6) is 0 Å². The Morgan fingerprint density at radius 2 is 1.09 bits per heavy atom. The maximum absolute atomic E-state index is 2.25. The van der Waals surface area contributed by atoms with E-state index >= 15 is 0 Å². The highest BCUT2D eigenvalue weighted by molar-refractivity contribution is 5.63. The predicted octanol–water partition coefficient (Wildman–Crippen LogP) is 5.12. The van der Waals surface area contributed by atoms with Gasteiger partial charge in [0, 0.05) is 5.56 Å². The second kappa shape index (κ2) is 6.17. The van der Waals surface area contributed by atoms with Gasteiger partial charge in [-0.2, -0.15) is 0 Å². The molecule has 0 bridgehead atoms. The molecule has 0 N–H and O–H groups in total. The molecule has 0 aliphatic rings. The van der Waals surface area contributed by atoms with E-state index in [4.69, 9.17) is 0 Å². The second-order valence-electron chi connectivity index (χ2n) is 6.24. The highest BCUT2D eigenvalue weighted by atomic mass is 15.3. The summed E-state index contributed by atoms with van der Waals surface area (Å²) in [5.41, 5.74) is 5.23. The average Bonchev–Trinajstić information content (AvgIpc) is 2.57. The second-order valence-corrected chi connectivity index (χ2v) is 6.24. The summed E-state index contributed by atoms with van der Waals surface area (Å²) in [6.45, 7) is 0.985. The van der Waals surface area contributed by atoms with Crippen LogP contribution in [-0.2, 0) is 6.54 Å². The van der Waals surface area contributed by atoms with Gasteiger partial charge < -0.3 is 0 Å². The smallest absolute Gasteiger partial charge is 0.132 e. The molecule has 3 aromatic rings. The van der Waals surface area contributed by atoms with Crippen LogP contribution in [0.25, 0.3) is 11.1 Å². The molecule has 1 nitrogen and oxygen atoms in total. The molecular formula is C21H22N+. The van der Waals surface area contributed by atoms with Crippen molar-refractivity contribution in [2.45, 2.75) is 6.54 Å². The Balaban J connectivity index is 1.79. The van der Waals surface area contributed by atoms with Gasteiger partial charge in [-0.15, -0.1) is 0 Å². The van der Waals surface area contributed by atoms with Crippen LogP contribution < -0.4 is 4.48 Å². The van der Waals surface area contributed by atoms with Crippen LogP contribution in [0.4, 0.5) is 5.69 Å². The third-order valence-corrected chi connectivity index (χ3v) is 4.09. The van der Waals surface area contributed by atoms with Crippen molar-refractivity contribution in [3.05, 3.63) is 90.5 Å². The van der Waals surface area contributed by atoms with Crippen molar-refractivity contribution < 1.29 is 0 Å². The molecular weight excluding hydrogens is 266 g/mol. The van der Waals surface area contributed by atoms with Gasteiger partial charge in [0.2, 0.25) is 0 Å². The Hall–Kier alpha value is -2.38. The summed E-state index contributed by atoms with van der Waals surface area (Å²) in [7, 11) is 4.50. The van der Waals surface area contributed by atoms with Gasteiger partial charge in [-0.05, 0) is 23.3 Å². The largest absolute Gasteiger partial charge is 0.292 e. The van der Waals surface area contributed by atoms with Crippen molar-refractivity contribution in [2.24, 2.45) is 0 Å². The molecule has 0 aliphatic carbocycles. The third kappa shape index (κ3) is 3.26. The molecule has 1 heteroatoms. The molecule has 0 fully saturated rings. The minimum absolute atomic E-state index is 0.853. The van der Waals surface area contributed by atoms with Crippen LogP contribution in [-0.4, -0.2) is 14.1 Å². The topological polar surface area (TPSA) is 0 Å². The van der Waals surface area contributed by atoms with Gasteiger partial charge in [0.25, 0.3) is 0 Å². The number of hydrogen-bond donors (Lipinski definition) is 0. The Kier molecular flexibility index (Phi) is 4.08. The van der Waals surface area contributed by atoms with Gasteiger partial charge in [-0.1, -0.05) is 72.8 Å². The standard InChI is InChI=1S/C21H22N/c1-22(2,21-11-7-4-8-12-21)17-18-13-15-20(16-14-18)19-9-5-3-6-10-19/h3-16H,17H2,1-2H3/q+1. The molecule has 3 aromatic carbocycles. The molecule has 0 heterocycles. The summed E-state index contributed by atoms with van der Waals surface area (Å²) in [5.74, 6) is 0. The zero-order chi connectivity index (χ0) is 15.4. The first-order chi connectivity index (χ1) is 10.6. The van der Waals surface area contributed by atoms with E-state index in [0.29, 0.717) is 0 Å². The summed E-state index contributed by atoms with van der Waals surface area (Å²) >= 11 is 0. The quantitative estimate of drug-likeness (QED) is 0.584. The molecule has 3 rings (SSSR count). The summed E-state index contributed by atoms with van der Waals surface area (Å²) < 4.78 is 0.853. The van der Waals surface area contributed by atoms with E-state index in [9.17, 15) is 0 Å². The summed E-state index contributed by atoms with van der Waals surface area (Å²) in [4.78, 5) is 0. The lowest BCUT2D eigenvalue weighted by Crippen LogP contribution is -2.39. The molecule has 0 spiro atoms. The lowest BCUT2D eigenvalue weighted by molar-refractivity contribution is 0.392. The number of rotatable bonds is 4. The van der Waals surface area contributed by atoms with Gasteiger partial charge in [0.15, 0.2) is 0 Å². The zero-order valence-electron chi connectivity index (χ0n) is 13.2. The minimum Gasteiger partial charge on any atom is -0.292 e. The maximum Gasteiger partial charge on any atom is 0.132 e. The number of hydrogen-bond acceptors (Lipinski definition) is 0. The Morgan fingerprint density at radius 1 is 0.591 bits per heavy atom. The van der Waals surface area contributed by atoms with Crippen molar-refractivity contribution in [1.29, 1.82) is 0 Å². The van der Waals surface area contributed by atoms with E-state index in [1.807, 2.05) is 0 Å². The van der Waals surface area contributed by atoms with Crippen molar-refractivity contribution in [1.82, 2.24) is 4.48 Å². The average molecular weight is 288 g/mol. The first-order valence-corrected chi connectivity index (χ1v) is 7.68. The molecule has 110 valence electrons. The van der Waals surface area contributed by atoms with Gasteiger partial charge in [0.05, 0.1) is 14.1 Å². The Morgan fingerprint density at radius 3 is 1.68 bits per heavy atom. The van der Waals surface area contributed by atoms with E-state index in [2.05, 4.69) is 99.0 Å². The van der Waals surface area contributed by atoms with Gasteiger partial charge in [-0.3, -0.25) is 4.48 Å². The van der Waals surface area contributed by atoms with Crippen LogP contribution >= 0.6 is 0 Å². The predicted molar refractivity (Wildman–Crippen MR) is 95.7 cm³/mol. The van der Waals surface area contributed by atoms with E-state index in [1.54, 1.807) is 0 Å². The Bertz CT molecular complexity index is 713. The van der Waals surface area contributed by atoms with Crippen molar-refractivity contribution >= 4 is 5.69 Å². The summed E-state index contributed by atoms with van der Waals surface area (Å²) in [5, 5.41) is 0. The molecule has 22 heavy (non-hydrogen) atoms. The number of benzene rings is 3. The number of para-hydroxylation sites is 1. The van der Waals surface area contributed by atoms with E-state index in [0.717, 1.165) is 11.0 Å². The molecule has 0 saturated carbocycles. The molecule has 0 aromatic heterocycles. The first kappa shape index (κ1) is 14.6. The van der Waals surface area contributed by atoms with Crippen LogP contribution in [0, 0.1) is 0 Å². The van der Waals surface area contributed by atoms with Gasteiger partial charge >= 0.3 is 0 Å². The molecule has 0 aliphatic heterocycles. The zero-order valence-corrected chi connectivity index (χ0v) is 13.2. The highest BCUT2D eigenvalue weighted by Gasteiger charge is 2.18. The van der Waals surface area contributed by atoms with Crippen LogP contribution in [0.15, 0.2) is 84.9 Å². The molecule has 0 amide bonds. The number of nitrogens with zero attached hydrogens (tertiary/aromatic N) is 1. The van der Waals surface area contributed by atoms with Crippen LogP contribution in [0.2, 0.25) is 0 Å². The maximum atomic E-state index is 2.25. The molecule has 0 radical (unpaired) electrons. The lowest BCUT2D eigenvalue weighted by Gasteiger charge is -2.29. The summed E-state index contributed by atoms with van der Waals surface area (Å²) in [6, 6.07) is 30.1. The lowest BCUT2D eigenvalue weighted by atomic mass is 10.0. The number of quaternary nitrogens is 1. The van der Waals surface area contributed by atoms with Gasteiger partial charge in [-0.25, -0.2) is 0 Å². The van der Waals surface area contributed by atoms with E-state index in [1.165, 1.54) is 22.4 Å². The van der Waals surface area contributed by atoms with Crippen molar-refractivity contribution in [3.8, 4) is 11.1 Å². The third-order valence-electron chi connectivity index (χ3n) is 4.09. The van der Waals surface area contributed by atoms with Crippen molar-refractivity contribution in [2.75, 3.05) is 14.1 Å². The van der Waals surface area contributed by atoms with E-state index < -0.39 is 0 Å². The summed E-state index contributed by atoms with van der Waals surface area (Å²) in [6.07, 6.45) is 0. The first-order valence-electron chi connectivity index (χ1n) is 7.68. The monoisotopic (exact) mass is 288 g/mol. The van der Waals surface area contributed by atoms with Crippen LogP contribution in [0.3, 0.4) is 0 Å². The SMILES string of the molecule is C[N+](C)(Cc1ccc(-c2ccccc2)cc1)c1ccccc1. The highest BCUT2D eigenvalue weighted by Crippen LogP contribution is 2.24. The van der Waals surface area contributed by atoms with Gasteiger partial charge in [0.1, 0.15) is 12.2 Å². The molecule has 0 atom stereocenters. The van der Waals surface area contributed by atoms with Crippen LogP contribution in [0.1, 0.15) is 5.56 Å². The normalized spacial score (nSPS) is 11.4. The van der Waals surface area contributed by atoms with E-state index in [-0.39, 0.29) is 0 Å². The fraction of sp³-hybridized carbons (Fsp3) is 0.143. The Labute approximate surface area is 133 Å². The molecule has 0 saturated heterocycles. The fourth-order valence-electron chi connectivity index (χ4n) is 2.81. The fourth-order valence-corrected chi connectivity index (χ4v) is 2.81.